The minimum absolute atomic E-state index is 0. The largest absolute Gasteiger partial charge is 2.00 e. The van der Waals surface area contributed by atoms with Crippen LogP contribution in [0.15, 0.2) is 0 Å². The molecule has 0 aliphatic carbocycles. The standard InChI is InChI=1S/2H3O4P.Sr.2H/c2*1-5(2,3)4;;;/h2*(H3,1,2,3,4);;;/q;;+2;2*-1. The van der Waals surface area contributed by atoms with Gasteiger partial charge in [-0.3, -0.25) is 0 Å². The van der Waals surface area contributed by atoms with Gasteiger partial charge in [0.25, 0.3) is 0 Å². The van der Waals surface area contributed by atoms with Gasteiger partial charge in [0, 0.05) is 0 Å². The Balaban J connectivity index is -0.0000000267. The Hall–Kier alpha value is 1.70. The van der Waals surface area contributed by atoms with Gasteiger partial charge in [-0.1, -0.05) is 0 Å². The van der Waals surface area contributed by atoms with Crippen molar-refractivity contribution < 1.29 is 41.3 Å². The molecule has 11 heteroatoms. The van der Waals surface area contributed by atoms with Gasteiger partial charge in [0.15, 0.2) is 0 Å². The number of hydrogen-bond acceptors (Lipinski definition) is 2. The van der Waals surface area contributed by atoms with E-state index in [9.17, 15) is 0 Å². The molecule has 0 spiro atoms. The topological polar surface area (TPSA) is 156 Å². The van der Waals surface area contributed by atoms with Crippen LogP contribution in [0, 0.1) is 0 Å². The van der Waals surface area contributed by atoms with E-state index < -0.39 is 15.6 Å². The molecule has 0 aliphatic rings. The van der Waals surface area contributed by atoms with Crippen molar-refractivity contribution in [2.45, 2.75) is 0 Å². The number of hydrogen-bond donors (Lipinski definition) is 6. The van der Waals surface area contributed by atoms with Crippen LogP contribution in [-0.4, -0.2) is 74.8 Å². The molecule has 0 saturated carbocycles. The number of phosphoric acid groups is 2. The van der Waals surface area contributed by atoms with E-state index in [0.717, 1.165) is 0 Å². The molecule has 0 aromatic carbocycles. The minimum atomic E-state index is -4.64. The van der Waals surface area contributed by atoms with Gasteiger partial charge in [0.05, 0.1) is 0 Å². The molecule has 6 N–H and O–H groups in total. The van der Waals surface area contributed by atoms with E-state index in [0.29, 0.717) is 0 Å². The Morgan fingerprint density at radius 3 is 0.727 bits per heavy atom. The van der Waals surface area contributed by atoms with Gasteiger partial charge in [-0.2, -0.15) is 0 Å². The zero-order valence-electron chi connectivity index (χ0n) is 7.10. The Morgan fingerprint density at radius 1 is 0.727 bits per heavy atom. The van der Waals surface area contributed by atoms with Crippen LogP contribution in [0.25, 0.3) is 0 Å². The van der Waals surface area contributed by atoms with E-state index in [1.54, 1.807) is 0 Å². The van der Waals surface area contributed by atoms with Gasteiger partial charge in [-0.05, 0) is 0 Å². The van der Waals surface area contributed by atoms with Crippen molar-refractivity contribution in [3.63, 3.8) is 0 Å². The van der Waals surface area contributed by atoms with Crippen LogP contribution in [0.5, 0.6) is 0 Å². The third kappa shape index (κ3) is 381. The van der Waals surface area contributed by atoms with E-state index in [1.807, 2.05) is 0 Å². The average molecular weight is 286 g/mol. The molecular formula is H8O8P2Sr. The molecule has 0 unspecified atom stereocenters. The van der Waals surface area contributed by atoms with Crippen molar-refractivity contribution in [1.82, 2.24) is 0 Å². The molecule has 0 saturated heterocycles. The molecule has 8 nitrogen and oxygen atoms in total. The summed E-state index contributed by atoms with van der Waals surface area (Å²) >= 11 is 0. The third-order valence-corrected chi connectivity index (χ3v) is 0. The Kier molecular flexibility index (Phi) is 12.0. The Morgan fingerprint density at radius 2 is 0.727 bits per heavy atom. The first kappa shape index (κ1) is 18.5. The van der Waals surface area contributed by atoms with Crippen LogP contribution < -0.4 is 0 Å². The summed E-state index contributed by atoms with van der Waals surface area (Å²) in [5.74, 6) is 0. The van der Waals surface area contributed by atoms with Crippen molar-refractivity contribution in [2.24, 2.45) is 0 Å². The molecule has 0 amide bonds. The molecule has 0 aliphatic heterocycles. The van der Waals surface area contributed by atoms with Crippen LogP contribution in [0.1, 0.15) is 2.85 Å². The fourth-order valence-corrected chi connectivity index (χ4v) is 0. The zero-order chi connectivity index (χ0) is 9.00. The molecule has 11 heavy (non-hydrogen) atoms. The minimum Gasteiger partial charge on any atom is -1.00 e. The van der Waals surface area contributed by atoms with Crippen molar-refractivity contribution in [1.29, 1.82) is 0 Å². The molecule has 0 rings (SSSR count). The van der Waals surface area contributed by atoms with E-state index in [4.69, 9.17) is 38.5 Å². The smallest absolute Gasteiger partial charge is 1.00 e. The van der Waals surface area contributed by atoms with Crippen molar-refractivity contribution in [2.75, 3.05) is 0 Å². The van der Waals surface area contributed by atoms with Crippen LogP contribution in [0.3, 0.4) is 0 Å². The summed E-state index contributed by atoms with van der Waals surface area (Å²) in [6.07, 6.45) is 0. The fraction of sp³-hybridized carbons (Fsp3) is 0. The summed E-state index contributed by atoms with van der Waals surface area (Å²) in [7, 11) is -9.28. The molecular weight excluding hydrogens is 278 g/mol. The second kappa shape index (κ2) is 7.14. The Labute approximate surface area is 102 Å². The first-order chi connectivity index (χ1) is 4.00. The van der Waals surface area contributed by atoms with Gasteiger partial charge >= 0.3 is 61.1 Å². The first-order valence-corrected chi connectivity index (χ1v) is 4.70. The van der Waals surface area contributed by atoms with Gasteiger partial charge in [-0.15, -0.1) is 0 Å². The molecule has 0 bridgehead atoms. The van der Waals surface area contributed by atoms with Crippen LogP contribution in [0.2, 0.25) is 0 Å². The molecule has 68 valence electrons. The van der Waals surface area contributed by atoms with Gasteiger partial charge in [0.2, 0.25) is 0 Å². The predicted octanol–water partition coefficient (Wildman–Crippen LogP) is -2.01. The maximum Gasteiger partial charge on any atom is 2.00 e. The van der Waals surface area contributed by atoms with Gasteiger partial charge in [0.1, 0.15) is 0 Å². The summed E-state index contributed by atoms with van der Waals surface area (Å²) in [5.41, 5.74) is 0. The number of rotatable bonds is 0. The molecule has 0 heterocycles. The zero-order valence-corrected chi connectivity index (χ0v) is 10.4. The summed E-state index contributed by atoms with van der Waals surface area (Å²) in [5, 5.41) is 0. The van der Waals surface area contributed by atoms with Crippen LogP contribution >= 0.6 is 15.6 Å². The van der Waals surface area contributed by atoms with Crippen molar-refractivity contribution in [3.8, 4) is 0 Å². The SMILES string of the molecule is O=P(O)(O)O.O=P(O)(O)O.[H-].[H-].[Sr+2]. The molecule has 0 aromatic heterocycles. The summed E-state index contributed by atoms with van der Waals surface area (Å²) in [6, 6.07) is 0. The quantitative estimate of drug-likeness (QED) is 0.220. The average Bonchev–Trinajstić information content (AvgIpc) is 1.12. The molecule has 0 atom stereocenters. The Bertz CT molecular complexity index is 132. The van der Waals surface area contributed by atoms with Crippen molar-refractivity contribution in [3.05, 3.63) is 0 Å². The monoisotopic (exact) mass is 286 g/mol. The predicted molar refractivity (Wildman–Crippen MR) is 36.5 cm³/mol. The fourth-order valence-electron chi connectivity index (χ4n) is 0. The second-order valence-electron chi connectivity index (χ2n) is 1.03. The van der Waals surface area contributed by atoms with E-state index >= 15 is 0 Å². The summed E-state index contributed by atoms with van der Waals surface area (Å²) < 4.78 is 17.8. The van der Waals surface area contributed by atoms with E-state index in [1.165, 1.54) is 0 Å². The van der Waals surface area contributed by atoms with E-state index in [2.05, 4.69) is 0 Å². The van der Waals surface area contributed by atoms with E-state index in [-0.39, 0.29) is 48.3 Å². The first-order valence-electron chi connectivity index (χ1n) is 1.57. The van der Waals surface area contributed by atoms with Gasteiger partial charge < -0.3 is 32.2 Å². The molecule has 0 aromatic rings. The van der Waals surface area contributed by atoms with Crippen LogP contribution in [0.4, 0.5) is 0 Å². The van der Waals surface area contributed by atoms with Crippen LogP contribution in [-0.2, 0) is 9.13 Å². The summed E-state index contributed by atoms with van der Waals surface area (Å²) in [6.45, 7) is 0. The molecule has 0 radical (unpaired) electrons. The van der Waals surface area contributed by atoms with Crippen molar-refractivity contribution >= 4 is 61.1 Å². The maximum absolute atomic E-state index is 8.88. The normalized spacial score (nSPS) is 10.7. The third-order valence-electron chi connectivity index (χ3n) is 0. The summed E-state index contributed by atoms with van der Waals surface area (Å²) in [4.78, 5) is 43.1. The second-order valence-corrected chi connectivity index (χ2v) is 3.08. The molecule has 0 fully saturated rings. The maximum atomic E-state index is 8.88. The van der Waals surface area contributed by atoms with Gasteiger partial charge in [-0.25, -0.2) is 9.13 Å².